The highest BCUT2D eigenvalue weighted by atomic mass is 35.5. The molecule has 112 valence electrons. The maximum absolute atomic E-state index is 11.7. The van der Waals surface area contributed by atoms with E-state index in [0.29, 0.717) is 17.3 Å². The Balaban J connectivity index is 1.54. The molecule has 0 saturated carbocycles. The minimum atomic E-state index is -0.454. The number of benzene rings is 1. The zero-order valence-electron chi connectivity index (χ0n) is 11.2. The molecule has 0 radical (unpaired) electrons. The maximum atomic E-state index is 11.7. The van der Waals surface area contributed by atoms with Gasteiger partial charge in [0.2, 0.25) is 0 Å². The molecule has 2 N–H and O–H groups in total. The van der Waals surface area contributed by atoms with Crippen molar-refractivity contribution in [3.05, 3.63) is 53.2 Å². The van der Waals surface area contributed by atoms with E-state index in [2.05, 4.69) is 20.8 Å². The number of rotatable bonds is 4. The minimum Gasteiger partial charge on any atom is -0.459 e. The lowest BCUT2D eigenvalue weighted by molar-refractivity contribution is 0.251. The Kier molecular flexibility index (Phi) is 4.06. The van der Waals surface area contributed by atoms with Crippen molar-refractivity contribution in [1.29, 1.82) is 0 Å². The number of nitrogens with one attached hydrogen (secondary N) is 2. The van der Waals surface area contributed by atoms with E-state index in [4.69, 9.17) is 20.4 Å². The summed E-state index contributed by atoms with van der Waals surface area (Å²) in [6, 6.07) is 10.1. The minimum absolute atomic E-state index is 0.0139. The van der Waals surface area contributed by atoms with Crippen LogP contribution in [0.15, 0.2) is 51.5 Å². The molecule has 0 aliphatic rings. The summed E-state index contributed by atoms with van der Waals surface area (Å²) in [5.74, 6) is 0.625. The Labute approximate surface area is 130 Å². The molecule has 0 saturated heterocycles. The molecule has 0 bridgehead atoms. The van der Waals surface area contributed by atoms with Gasteiger partial charge in [0.1, 0.15) is 0 Å². The van der Waals surface area contributed by atoms with Crippen LogP contribution in [0.1, 0.15) is 5.56 Å². The first-order valence-corrected chi connectivity index (χ1v) is 6.75. The molecule has 8 heteroatoms. The van der Waals surface area contributed by atoms with Crippen LogP contribution in [0.5, 0.6) is 0 Å². The Hall–Kier alpha value is -2.80. The highest BCUT2D eigenvalue weighted by Gasteiger charge is 2.12. The average Bonchev–Trinajstić information content (AvgIpc) is 3.17. The van der Waals surface area contributed by atoms with Crippen LogP contribution < -0.4 is 10.6 Å². The standard InChI is InChI=1S/C14H11ClN4O3/c15-10-5-3-9(4-6-10)8-16-13(20)17-14-19-18-12(22-14)11-2-1-7-21-11/h1-7H,8H2,(H2,16,17,19,20). The number of amides is 2. The summed E-state index contributed by atoms with van der Waals surface area (Å²) in [6.45, 7) is 0.349. The van der Waals surface area contributed by atoms with E-state index in [0.717, 1.165) is 5.56 Å². The molecule has 22 heavy (non-hydrogen) atoms. The van der Waals surface area contributed by atoms with E-state index >= 15 is 0 Å². The van der Waals surface area contributed by atoms with Gasteiger partial charge in [-0.3, -0.25) is 5.32 Å². The summed E-state index contributed by atoms with van der Waals surface area (Å²) in [7, 11) is 0. The van der Waals surface area contributed by atoms with Crippen molar-refractivity contribution in [2.24, 2.45) is 0 Å². The first-order chi connectivity index (χ1) is 10.7. The van der Waals surface area contributed by atoms with Crippen LogP contribution in [0.3, 0.4) is 0 Å². The number of furan rings is 1. The van der Waals surface area contributed by atoms with Crippen molar-refractivity contribution in [2.45, 2.75) is 6.54 Å². The van der Waals surface area contributed by atoms with Crippen LogP contribution in [0.4, 0.5) is 10.8 Å². The van der Waals surface area contributed by atoms with Crippen molar-refractivity contribution in [3.63, 3.8) is 0 Å². The van der Waals surface area contributed by atoms with Gasteiger partial charge >= 0.3 is 12.0 Å². The van der Waals surface area contributed by atoms with Crippen molar-refractivity contribution in [2.75, 3.05) is 5.32 Å². The van der Waals surface area contributed by atoms with E-state index in [9.17, 15) is 4.79 Å². The fourth-order valence-corrected chi connectivity index (χ4v) is 1.83. The van der Waals surface area contributed by atoms with Crippen molar-refractivity contribution < 1.29 is 13.6 Å². The van der Waals surface area contributed by atoms with Crippen LogP contribution in [0, 0.1) is 0 Å². The molecular weight excluding hydrogens is 308 g/mol. The molecule has 0 atom stereocenters. The Morgan fingerprint density at radius 3 is 2.73 bits per heavy atom. The SMILES string of the molecule is O=C(NCc1ccc(Cl)cc1)Nc1nnc(-c2ccco2)o1. The molecule has 1 aromatic carbocycles. The number of carbonyl (C=O) groups excluding carboxylic acids is 1. The number of hydrogen-bond donors (Lipinski definition) is 2. The van der Waals surface area contributed by atoms with Gasteiger partial charge in [-0.25, -0.2) is 4.79 Å². The van der Waals surface area contributed by atoms with Gasteiger partial charge in [-0.05, 0) is 29.8 Å². The lowest BCUT2D eigenvalue weighted by Crippen LogP contribution is -2.28. The number of aromatic nitrogens is 2. The van der Waals surface area contributed by atoms with Gasteiger partial charge < -0.3 is 14.2 Å². The smallest absolute Gasteiger partial charge is 0.324 e. The maximum Gasteiger partial charge on any atom is 0.324 e. The number of hydrogen-bond acceptors (Lipinski definition) is 5. The van der Waals surface area contributed by atoms with E-state index in [-0.39, 0.29) is 11.9 Å². The summed E-state index contributed by atoms with van der Waals surface area (Å²) in [5.41, 5.74) is 0.918. The fraction of sp³-hybridized carbons (Fsp3) is 0.0714. The Bertz CT molecular complexity index is 753. The second-order valence-electron chi connectivity index (χ2n) is 4.32. The molecule has 3 aromatic rings. The first kappa shape index (κ1) is 14.2. The highest BCUT2D eigenvalue weighted by molar-refractivity contribution is 6.30. The number of anilines is 1. The molecule has 0 fully saturated rings. The lowest BCUT2D eigenvalue weighted by Gasteiger charge is -2.04. The first-order valence-electron chi connectivity index (χ1n) is 6.37. The summed E-state index contributed by atoms with van der Waals surface area (Å²) in [5, 5.41) is 13.2. The van der Waals surface area contributed by atoms with Gasteiger partial charge in [-0.2, -0.15) is 0 Å². The summed E-state index contributed by atoms with van der Waals surface area (Å²) in [6.07, 6.45) is 1.49. The van der Waals surface area contributed by atoms with Gasteiger partial charge in [0.05, 0.1) is 6.26 Å². The molecule has 2 amide bonds. The normalized spacial score (nSPS) is 10.4. The van der Waals surface area contributed by atoms with Crippen molar-refractivity contribution >= 4 is 23.6 Å². The molecule has 7 nitrogen and oxygen atoms in total. The van der Waals surface area contributed by atoms with Gasteiger partial charge in [0.15, 0.2) is 5.76 Å². The van der Waals surface area contributed by atoms with Crippen molar-refractivity contribution in [1.82, 2.24) is 15.5 Å². The molecule has 2 aromatic heterocycles. The number of halogens is 1. The van der Waals surface area contributed by atoms with E-state index < -0.39 is 6.03 Å². The Morgan fingerprint density at radius 1 is 1.18 bits per heavy atom. The summed E-state index contributed by atoms with van der Waals surface area (Å²) >= 11 is 5.79. The van der Waals surface area contributed by atoms with Crippen LogP contribution >= 0.6 is 11.6 Å². The molecular formula is C14H11ClN4O3. The molecule has 0 unspecified atom stereocenters. The predicted octanol–water partition coefficient (Wildman–Crippen LogP) is 3.30. The fourth-order valence-electron chi connectivity index (χ4n) is 1.70. The predicted molar refractivity (Wildman–Crippen MR) is 79.3 cm³/mol. The highest BCUT2D eigenvalue weighted by Crippen LogP contribution is 2.19. The second kappa shape index (κ2) is 6.31. The van der Waals surface area contributed by atoms with Gasteiger partial charge in [-0.15, -0.1) is 5.10 Å². The molecule has 3 rings (SSSR count). The van der Waals surface area contributed by atoms with Crippen LogP contribution in [0.25, 0.3) is 11.7 Å². The third kappa shape index (κ3) is 3.44. The van der Waals surface area contributed by atoms with Gasteiger partial charge in [0, 0.05) is 11.6 Å². The van der Waals surface area contributed by atoms with E-state index in [1.807, 2.05) is 12.1 Å². The largest absolute Gasteiger partial charge is 0.459 e. The summed E-state index contributed by atoms with van der Waals surface area (Å²) < 4.78 is 10.4. The molecule has 0 spiro atoms. The third-order valence-corrected chi connectivity index (χ3v) is 3.00. The number of carbonyl (C=O) groups is 1. The Morgan fingerprint density at radius 2 is 2.00 bits per heavy atom. The zero-order valence-corrected chi connectivity index (χ0v) is 12.0. The van der Waals surface area contributed by atoms with Gasteiger partial charge in [-0.1, -0.05) is 28.8 Å². The van der Waals surface area contributed by atoms with E-state index in [1.165, 1.54) is 6.26 Å². The average molecular weight is 319 g/mol. The van der Waals surface area contributed by atoms with Crippen LogP contribution in [0.2, 0.25) is 5.02 Å². The quantitative estimate of drug-likeness (QED) is 0.769. The lowest BCUT2D eigenvalue weighted by atomic mass is 10.2. The third-order valence-electron chi connectivity index (χ3n) is 2.74. The topological polar surface area (TPSA) is 93.2 Å². The molecule has 0 aliphatic carbocycles. The molecule has 2 heterocycles. The summed E-state index contributed by atoms with van der Waals surface area (Å²) in [4.78, 5) is 11.7. The van der Waals surface area contributed by atoms with Crippen LogP contribution in [-0.2, 0) is 6.54 Å². The van der Waals surface area contributed by atoms with Crippen LogP contribution in [-0.4, -0.2) is 16.2 Å². The van der Waals surface area contributed by atoms with E-state index in [1.54, 1.807) is 24.3 Å². The van der Waals surface area contributed by atoms with Gasteiger partial charge in [0.25, 0.3) is 5.89 Å². The van der Waals surface area contributed by atoms with Crippen molar-refractivity contribution in [3.8, 4) is 11.7 Å². The second-order valence-corrected chi connectivity index (χ2v) is 4.76. The molecule has 0 aliphatic heterocycles. The number of urea groups is 1. The number of nitrogens with zero attached hydrogens (tertiary/aromatic N) is 2. The zero-order chi connectivity index (χ0) is 15.4. The monoisotopic (exact) mass is 318 g/mol.